The average Bonchev–Trinajstić information content (AvgIpc) is 3.14. The van der Waals surface area contributed by atoms with Crippen LogP contribution in [0.25, 0.3) is 0 Å². The van der Waals surface area contributed by atoms with Crippen LogP contribution in [-0.2, 0) is 19.5 Å². The van der Waals surface area contributed by atoms with Crippen molar-refractivity contribution >= 4 is 31.6 Å². The van der Waals surface area contributed by atoms with Crippen LogP contribution in [-0.4, -0.2) is 89.4 Å². The van der Waals surface area contributed by atoms with Crippen LogP contribution in [0.3, 0.4) is 0 Å². The first kappa shape index (κ1) is 23.9. The van der Waals surface area contributed by atoms with Crippen LogP contribution >= 0.6 is 15.9 Å². The Bertz CT molecular complexity index is 818. The molecule has 0 aliphatic carbocycles. The highest BCUT2D eigenvalue weighted by molar-refractivity contribution is 9.10. The number of rotatable bonds is 8. The summed E-state index contributed by atoms with van der Waals surface area (Å²) in [4.78, 5) is 4.55. The molecule has 1 aromatic rings. The molecule has 0 N–H and O–H groups in total. The summed E-state index contributed by atoms with van der Waals surface area (Å²) in [5.41, 5.74) is 0.734. The second-order valence-corrected chi connectivity index (χ2v) is 11.4. The number of nitrogens with zero attached hydrogens (tertiary/aromatic N) is 3. The molecule has 7 nitrogen and oxygen atoms in total. The molecule has 2 fully saturated rings. The van der Waals surface area contributed by atoms with Crippen LogP contribution in [0.15, 0.2) is 27.6 Å². The monoisotopic (exact) mass is 503 g/mol. The standard InChI is InChI=1S/C21H34BrN3O4S/c1-16(2)29-15-19-14-24(10-11-28-19)20-12-17(22)7-8-21(20)30(26,27)25-9-5-6-18(25)13-23(3)4/h7-8,12,16,18-19H,5-6,9-11,13-15H2,1-4H3/t18-,19?/m0/s1. The predicted molar refractivity (Wildman–Crippen MR) is 123 cm³/mol. The van der Waals surface area contributed by atoms with Crippen molar-refractivity contribution in [3.05, 3.63) is 22.7 Å². The molecule has 0 radical (unpaired) electrons. The molecule has 2 saturated heterocycles. The maximum atomic E-state index is 13.7. The summed E-state index contributed by atoms with van der Waals surface area (Å²) in [6.45, 7) is 7.61. The smallest absolute Gasteiger partial charge is 0.245 e. The fraction of sp³-hybridized carbons (Fsp3) is 0.714. The van der Waals surface area contributed by atoms with Crippen LogP contribution in [0.2, 0.25) is 0 Å². The minimum absolute atomic E-state index is 0.0124. The van der Waals surface area contributed by atoms with E-state index in [1.54, 1.807) is 10.4 Å². The summed E-state index contributed by atoms with van der Waals surface area (Å²) in [5, 5.41) is 0. The van der Waals surface area contributed by atoms with Gasteiger partial charge in [-0.25, -0.2) is 8.42 Å². The lowest BCUT2D eigenvalue weighted by molar-refractivity contribution is -0.0406. The second kappa shape index (κ2) is 10.3. The number of halogens is 1. The Morgan fingerprint density at radius 2 is 2.07 bits per heavy atom. The lowest BCUT2D eigenvalue weighted by Crippen LogP contribution is -2.46. The summed E-state index contributed by atoms with van der Waals surface area (Å²) in [5.74, 6) is 0. The topological polar surface area (TPSA) is 62.3 Å². The lowest BCUT2D eigenvalue weighted by atomic mass is 10.2. The zero-order chi connectivity index (χ0) is 21.9. The summed E-state index contributed by atoms with van der Waals surface area (Å²) in [7, 11) is 0.373. The summed E-state index contributed by atoms with van der Waals surface area (Å²) < 4.78 is 41.6. The first-order valence-electron chi connectivity index (χ1n) is 10.6. The van der Waals surface area contributed by atoms with E-state index in [2.05, 4.69) is 25.7 Å². The highest BCUT2D eigenvalue weighted by Crippen LogP contribution is 2.35. The SMILES string of the molecule is CC(C)OCC1CN(c2cc(Br)ccc2S(=O)(=O)N2CCC[C@H]2CN(C)C)CCO1. The predicted octanol–water partition coefficient (Wildman–Crippen LogP) is 2.79. The molecular weight excluding hydrogens is 470 g/mol. The van der Waals surface area contributed by atoms with Crippen molar-refractivity contribution in [2.24, 2.45) is 0 Å². The Kier molecular flexibility index (Phi) is 8.20. The number of sulfonamides is 1. The zero-order valence-corrected chi connectivity index (χ0v) is 20.8. The van der Waals surface area contributed by atoms with Gasteiger partial charge in [0.25, 0.3) is 0 Å². The molecule has 170 valence electrons. The molecular formula is C21H34BrN3O4S. The fourth-order valence-corrected chi connectivity index (χ4v) is 6.38. The number of hydrogen-bond acceptors (Lipinski definition) is 6. The second-order valence-electron chi connectivity index (χ2n) is 8.61. The number of morpholine rings is 1. The van der Waals surface area contributed by atoms with Gasteiger partial charge in [0.1, 0.15) is 4.90 Å². The fourth-order valence-electron chi connectivity index (χ4n) is 4.15. The minimum atomic E-state index is -3.60. The summed E-state index contributed by atoms with van der Waals surface area (Å²) in [6, 6.07) is 5.47. The minimum Gasteiger partial charge on any atom is -0.376 e. The third-order valence-electron chi connectivity index (χ3n) is 5.50. The van der Waals surface area contributed by atoms with Crippen molar-refractivity contribution in [1.82, 2.24) is 9.21 Å². The molecule has 0 bridgehead atoms. The molecule has 2 aliphatic heterocycles. The van der Waals surface area contributed by atoms with Gasteiger partial charge in [-0.05, 0) is 59.0 Å². The number of ether oxygens (including phenoxy) is 2. The van der Waals surface area contributed by atoms with E-state index < -0.39 is 10.0 Å². The molecule has 9 heteroatoms. The molecule has 1 aromatic carbocycles. The van der Waals surface area contributed by atoms with Gasteiger partial charge >= 0.3 is 0 Å². The van der Waals surface area contributed by atoms with Gasteiger partial charge < -0.3 is 19.3 Å². The van der Waals surface area contributed by atoms with Crippen molar-refractivity contribution in [3.8, 4) is 0 Å². The van der Waals surface area contributed by atoms with E-state index in [4.69, 9.17) is 9.47 Å². The van der Waals surface area contributed by atoms with Gasteiger partial charge in [0.2, 0.25) is 10.0 Å². The third kappa shape index (κ3) is 5.75. The molecule has 0 aromatic heterocycles. The van der Waals surface area contributed by atoms with Gasteiger partial charge in [0, 0.05) is 36.7 Å². The number of likely N-dealkylation sites (N-methyl/N-ethyl adjacent to an activating group) is 1. The van der Waals surface area contributed by atoms with E-state index in [1.807, 2.05) is 40.1 Å². The van der Waals surface area contributed by atoms with E-state index in [0.29, 0.717) is 37.7 Å². The van der Waals surface area contributed by atoms with Crippen molar-refractivity contribution < 1.29 is 17.9 Å². The van der Waals surface area contributed by atoms with E-state index in [-0.39, 0.29) is 18.2 Å². The van der Waals surface area contributed by atoms with Crippen molar-refractivity contribution in [3.63, 3.8) is 0 Å². The van der Waals surface area contributed by atoms with Gasteiger partial charge in [0.15, 0.2) is 0 Å². The van der Waals surface area contributed by atoms with Crippen molar-refractivity contribution in [2.75, 3.05) is 58.4 Å². The van der Waals surface area contributed by atoms with Crippen molar-refractivity contribution in [1.29, 1.82) is 0 Å². The molecule has 0 spiro atoms. The Morgan fingerprint density at radius 3 is 2.77 bits per heavy atom. The molecule has 3 rings (SSSR count). The summed E-state index contributed by atoms with van der Waals surface area (Å²) in [6.07, 6.45) is 1.85. The first-order valence-corrected chi connectivity index (χ1v) is 12.9. The van der Waals surface area contributed by atoms with Crippen molar-refractivity contribution in [2.45, 2.75) is 49.8 Å². The normalized spacial score (nSPS) is 23.6. The van der Waals surface area contributed by atoms with Gasteiger partial charge in [-0.15, -0.1) is 0 Å². The Hall–Kier alpha value is -0.710. The van der Waals surface area contributed by atoms with Crippen LogP contribution in [0.5, 0.6) is 0 Å². The molecule has 2 heterocycles. The van der Waals surface area contributed by atoms with E-state index >= 15 is 0 Å². The number of anilines is 1. The van der Waals surface area contributed by atoms with Gasteiger partial charge in [-0.2, -0.15) is 4.31 Å². The largest absolute Gasteiger partial charge is 0.376 e. The van der Waals surface area contributed by atoms with Gasteiger partial charge in [-0.1, -0.05) is 15.9 Å². The molecule has 0 saturated carbocycles. The summed E-state index contributed by atoms with van der Waals surface area (Å²) >= 11 is 3.53. The van der Waals surface area contributed by atoms with E-state index in [1.165, 1.54) is 0 Å². The van der Waals surface area contributed by atoms with E-state index in [9.17, 15) is 8.42 Å². The van der Waals surface area contributed by atoms with Gasteiger partial charge in [-0.3, -0.25) is 0 Å². The maximum absolute atomic E-state index is 13.7. The van der Waals surface area contributed by atoms with Crippen LogP contribution in [0.4, 0.5) is 5.69 Å². The molecule has 1 unspecified atom stereocenters. The highest BCUT2D eigenvalue weighted by Gasteiger charge is 2.38. The Balaban J connectivity index is 1.88. The molecule has 30 heavy (non-hydrogen) atoms. The first-order chi connectivity index (χ1) is 14.2. The number of hydrogen-bond donors (Lipinski definition) is 0. The Labute approximate surface area is 189 Å². The number of benzene rings is 1. The molecule has 2 aliphatic rings. The van der Waals surface area contributed by atoms with Crippen LogP contribution in [0, 0.1) is 0 Å². The lowest BCUT2D eigenvalue weighted by Gasteiger charge is -2.36. The molecule has 2 atom stereocenters. The third-order valence-corrected chi connectivity index (χ3v) is 7.99. The highest BCUT2D eigenvalue weighted by atomic mass is 79.9. The van der Waals surface area contributed by atoms with E-state index in [0.717, 1.165) is 29.5 Å². The quantitative estimate of drug-likeness (QED) is 0.543. The van der Waals surface area contributed by atoms with Crippen LogP contribution in [0.1, 0.15) is 26.7 Å². The maximum Gasteiger partial charge on any atom is 0.245 e. The average molecular weight is 504 g/mol. The molecule has 0 amide bonds. The zero-order valence-electron chi connectivity index (χ0n) is 18.4. The van der Waals surface area contributed by atoms with Crippen LogP contribution < -0.4 is 4.90 Å². The van der Waals surface area contributed by atoms with Gasteiger partial charge in [0.05, 0.1) is 31.1 Å². The Morgan fingerprint density at radius 1 is 1.30 bits per heavy atom.